The molecule has 1 saturated heterocycles. The molecule has 1 aliphatic heterocycles. The summed E-state index contributed by atoms with van der Waals surface area (Å²) in [5, 5.41) is 2.48. The van der Waals surface area contributed by atoms with E-state index >= 15 is 0 Å². The summed E-state index contributed by atoms with van der Waals surface area (Å²) in [6.07, 6.45) is 3.41. The van der Waals surface area contributed by atoms with Crippen molar-refractivity contribution in [1.29, 1.82) is 0 Å². The van der Waals surface area contributed by atoms with Crippen LogP contribution in [-0.2, 0) is 4.74 Å². The SMILES string of the molecule is COCC1CN(C(=O)c2cc(OC)c(OC)c(OC)c2)CCN1C(=O)c1csc(-c2cccnc2)n1. The highest BCUT2D eigenvalue weighted by molar-refractivity contribution is 7.13. The molecule has 1 aromatic carbocycles. The zero-order chi connectivity index (χ0) is 25.7. The van der Waals surface area contributed by atoms with Crippen LogP contribution < -0.4 is 14.2 Å². The molecule has 1 atom stereocenters. The van der Waals surface area contributed by atoms with E-state index in [4.69, 9.17) is 18.9 Å². The van der Waals surface area contributed by atoms with E-state index in [1.54, 1.807) is 46.8 Å². The fraction of sp³-hybridized carbons (Fsp3) is 0.360. The molecular weight excluding hydrogens is 484 g/mol. The standard InChI is InChI=1S/C25H28N4O6S/c1-32-14-18-13-28(24(30)17-10-20(33-2)22(35-4)21(11-17)34-3)8-9-29(18)25(31)19-15-36-23(27-19)16-6-5-7-26-12-16/h5-7,10-12,15,18H,8-9,13-14H2,1-4H3. The molecule has 2 aromatic heterocycles. The molecule has 0 aliphatic carbocycles. The summed E-state index contributed by atoms with van der Waals surface area (Å²) in [5.74, 6) is 0.822. The van der Waals surface area contributed by atoms with E-state index in [9.17, 15) is 9.59 Å². The first kappa shape index (κ1) is 25.4. The number of thiazole rings is 1. The van der Waals surface area contributed by atoms with Crippen LogP contribution in [0, 0.1) is 0 Å². The van der Waals surface area contributed by atoms with E-state index in [0.717, 1.165) is 10.6 Å². The Morgan fingerprint density at radius 3 is 2.42 bits per heavy atom. The lowest BCUT2D eigenvalue weighted by atomic mass is 10.1. The quantitative estimate of drug-likeness (QED) is 0.454. The summed E-state index contributed by atoms with van der Waals surface area (Å²) in [7, 11) is 6.09. The molecule has 0 radical (unpaired) electrons. The number of piperazine rings is 1. The van der Waals surface area contributed by atoms with E-state index < -0.39 is 0 Å². The molecule has 0 saturated carbocycles. The Kier molecular flexibility index (Phi) is 8.01. The molecule has 1 unspecified atom stereocenters. The number of amides is 2. The lowest BCUT2D eigenvalue weighted by Gasteiger charge is -2.41. The van der Waals surface area contributed by atoms with Gasteiger partial charge in [0.05, 0.1) is 34.0 Å². The van der Waals surface area contributed by atoms with Crippen molar-refractivity contribution in [2.24, 2.45) is 0 Å². The van der Waals surface area contributed by atoms with Crippen LogP contribution in [-0.4, -0.2) is 92.3 Å². The number of benzene rings is 1. The Bertz CT molecular complexity index is 1190. The van der Waals surface area contributed by atoms with Crippen LogP contribution >= 0.6 is 11.3 Å². The molecule has 3 aromatic rings. The van der Waals surface area contributed by atoms with Crippen molar-refractivity contribution in [2.45, 2.75) is 6.04 Å². The Morgan fingerprint density at radius 1 is 1.06 bits per heavy atom. The highest BCUT2D eigenvalue weighted by atomic mass is 32.1. The van der Waals surface area contributed by atoms with Crippen molar-refractivity contribution >= 4 is 23.2 Å². The summed E-state index contributed by atoms with van der Waals surface area (Å²) in [6.45, 7) is 1.31. The van der Waals surface area contributed by atoms with Crippen LogP contribution in [0.5, 0.6) is 17.2 Å². The predicted octanol–water partition coefficient (Wildman–Crippen LogP) is 2.84. The molecule has 190 valence electrons. The Labute approximate surface area is 213 Å². The first-order valence-electron chi connectivity index (χ1n) is 11.3. The lowest BCUT2D eigenvalue weighted by Crippen LogP contribution is -2.58. The largest absolute Gasteiger partial charge is 0.493 e. The minimum Gasteiger partial charge on any atom is -0.493 e. The second kappa shape index (κ2) is 11.4. The maximum absolute atomic E-state index is 13.4. The van der Waals surface area contributed by atoms with Gasteiger partial charge in [0.15, 0.2) is 11.5 Å². The first-order chi connectivity index (χ1) is 17.5. The predicted molar refractivity (Wildman–Crippen MR) is 134 cm³/mol. The molecule has 0 bridgehead atoms. The molecule has 2 amide bonds. The number of hydrogen-bond donors (Lipinski definition) is 0. The highest BCUT2D eigenvalue weighted by Crippen LogP contribution is 2.38. The summed E-state index contributed by atoms with van der Waals surface area (Å²) in [5.41, 5.74) is 1.63. The second-order valence-electron chi connectivity index (χ2n) is 8.05. The van der Waals surface area contributed by atoms with Crippen LogP contribution in [0.15, 0.2) is 42.0 Å². The molecule has 0 N–H and O–H groups in total. The molecule has 0 spiro atoms. The third kappa shape index (κ3) is 5.12. The van der Waals surface area contributed by atoms with E-state index in [-0.39, 0.29) is 24.5 Å². The number of ether oxygens (including phenoxy) is 4. The summed E-state index contributed by atoms with van der Waals surface area (Å²) in [6, 6.07) is 6.66. The first-order valence-corrected chi connectivity index (χ1v) is 12.1. The van der Waals surface area contributed by atoms with E-state index in [1.165, 1.54) is 32.7 Å². The smallest absolute Gasteiger partial charge is 0.273 e. The van der Waals surface area contributed by atoms with Gasteiger partial charge in [-0.25, -0.2) is 4.98 Å². The highest BCUT2D eigenvalue weighted by Gasteiger charge is 2.34. The van der Waals surface area contributed by atoms with Crippen LogP contribution in [0.25, 0.3) is 10.6 Å². The molecule has 11 heteroatoms. The minimum atomic E-state index is -0.328. The van der Waals surface area contributed by atoms with Gasteiger partial charge in [0.1, 0.15) is 10.7 Å². The number of carbonyl (C=O) groups is 2. The molecule has 1 fully saturated rings. The maximum atomic E-state index is 13.4. The third-order valence-electron chi connectivity index (χ3n) is 5.93. The lowest BCUT2D eigenvalue weighted by molar-refractivity contribution is 0.0198. The Morgan fingerprint density at radius 2 is 1.81 bits per heavy atom. The average molecular weight is 513 g/mol. The van der Waals surface area contributed by atoms with Crippen LogP contribution in [0.4, 0.5) is 0 Å². The van der Waals surface area contributed by atoms with Gasteiger partial charge in [-0.05, 0) is 24.3 Å². The molecular formula is C25H28N4O6S. The van der Waals surface area contributed by atoms with Gasteiger partial charge in [-0.1, -0.05) is 0 Å². The fourth-order valence-electron chi connectivity index (χ4n) is 4.17. The van der Waals surface area contributed by atoms with Crippen molar-refractivity contribution in [3.8, 4) is 27.8 Å². The monoisotopic (exact) mass is 512 g/mol. The average Bonchev–Trinajstić information content (AvgIpc) is 3.42. The van der Waals surface area contributed by atoms with Gasteiger partial charge in [0, 0.05) is 55.6 Å². The van der Waals surface area contributed by atoms with Crippen molar-refractivity contribution in [3.63, 3.8) is 0 Å². The number of rotatable bonds is 8. The number of methoxy groups -OCH3 is 4. The topological polar surface area (TPSA) is 103 Å². The zero-order valence-corrected chi connectivity index (χ0v) is 21.4. The van der Waals surface area contributed by atoms with Crippen molar-refractivity contribution in [2.75, 3.05) is 54.7 Å². The van der Waals surface area contributed by atoms with E-state index in [0.29, 0.717) is 48.1 Å². The van der Waals surface area contributed by atoms with Crippen molar-refractivity contribution in [3.05, 3.63) is 53.3 Å². The number of carbonyl (C=O) groups excluding carboxylic acids is 2. The minimum absolute atomic E-state index is 0.191. The van der Waals surface area contributed by atoms with Crippen LogP contribution in [0.2, 0.25) is 0 Å². The van der Waals surface area contributed by atoms with E-state index in [1.807, 2.05) is 12.1 Å². The summed E-state index contributed by atoms with van der Waals surface area (Å²) in [4.78, 5) is 38.8. The van der Waals surface area contributed by atoms with Crippen molar-refractivity contribution < 1.29 is 28.5 Å². The van der Waals surface area contributed by atoms with Gasteiger partial charge in [-0.15, -0.1) is 11.3 Å². The summed E-state index contributed by atoms with van der Waals surface area (Å²) >= 11 is 1.39. The van der Waals surface area contributed by atoms with Gasteiger partial charge in [0.25, 0.3) is 11.8 Å². The number of hydrogen-bond acceptors (Lipinski definition) is 9. The van der Waals surface area contributed by atoms with Gasteiger partial charge >= 0.3 is 0 Å². The van der Waals surface area contributed by atoms with Crippen molar-refractivity contribution in [1.82, 2.24) is 19.8 Å². The zero-order valence-electron chi connectivity index (χ0n) is 20.6. The fourth-order valence-corrected chi connectivity index (χ4v) is 4.95. The third-order valence-corrected chi connectivity index (χ3v) is 6.82. The molecule has 4 rings (SSSR count). The maximum Gasteiger partial charge on any atom is 0.273 e. The Hall–Kier alpha value is -3.70. The van der Waals surface area contributed by atoms with E-state index in [2.05, 4.69) is 9.97 Å². The molecule has 1 aliphatic rings. The Balaban J connectivity index is 1.52. The van der Waals surface area contributed by atoms with Crippen LogP contribution in [0.1, 0.15) is 20.8 Å². The van der Waals surface area contributed by atoms with Gasteiger partial charge in [-0.2, -0.15) is 0 Å². The molecule has 10 nitrogen and oxygen atoms in total. The second-order valence-corrected chi connectivity index (χ2v) is 8.91. The number of pyridine rings is 1. The number of aromatic nitrogens is 2. The number of nitrogens with zero attached hydrogens (tertiary/aromatic N) is 4. The molecule has 36 heavy (non-hydrogen) atoms. The van der Waals surface area contributed by atoms with Gasteiger partial charge < -0.3 is 28.7 Å². The van der Waals surface area contributed by atoms with Gasteiger partial charge in [0.2, 0.25) is 5.75 Å². The summed E-state index contributed by atoms with van der Waals surface area (Å²) < 4.78 is 21.5. The molecule has 3 heterocycles. The van der Waals surface area contributed by atoms with Crippen LogP contribution in [0.3, 0.4) is 0 Å². The normalized spacial score (nSPS) is 15.5. The van der Waals surface area contributed by atoms with Gasteiger partial charge in [-0.3, -0.25) is 14.6 Å².